The number of hydrogen-bond donors (Lipinski definition) is 0. The van der Waals surface area contributed by atoms with Crippen LogP contribution in [0.4, 0.5) is 0 Å². The van der Waals surface area contributed by atoms with Gasteiger partial charge in [0, 0.05) is 25.5 Å². The summed E-state index contributed by atoms with van der Waals surface area (Å²) in [6.07, 6.45) is 2.98. The topological polar surface area (TPSA) is 75.6 Å². The van der Waals surface area contributed by atoms with Gasteiger partial charge in [0.1, 0.15) is 11.0 Å². The van der Waals surface area contributed by atoms with Crippen molar-refractivity contribution in [2.24, 2.45) is 0 Å². The Morgan fingerprint density at radius 2 is 2.00 bits per heavy atom. The Morgan fingerprint density at radius 1 is 1.17 bits per heavy atom. The first-order valence-electron chi connectivity index (χ1n) is 7.77. The van der Waals surface area contributed by atoms with E-state index in [1.165, 1.54) is 4.31 Å². The van der Waals surface area contributed by atoms with Crippen LogP contribution in [-0.4, -0.2) is 59.9 Å². The summed E-state index contributed by atoms with van der Waals surface area (Å²) in [6, 6.07) is 8.40. The van der Waals surface area contributed by atoms with E-state index in [1.807, 2.05) is 25.2 Å². The molecule has 126 valence electrons. The minimum absolute atomic E-state index is 0.123. The molecule has 2 atom stereocenters. The van der Waals surface area contributed by atoms with Crippen LogP contribution < -0.4 is 4.74 Å². The number of likely N-dealkylation sites (tertiary alicyclic amines) is 1. The highest BCUT2D eigenvalue weighted by Gasteiger charge is 2.46. The molecule has 4 heterocycles. The van der Waals surface area contributed by atoms with Gasteiger partial charge in [-0.05, 0) is 31.3 Å². The minimum Gasteiger partial charge on any atom is -0.470 e. The molecule has 0 aromatic carbocycles. The number of hydrogen-bond acceptors (Lipinski definition) is 6. The van der Waals surface area contributed by atoms with Crippen LogP contribution in [-0.2, 0) is 16.6 Å². The number of fused-ring (bicyclic) bond motifs is 2. The normalized spacial score (nSPS) is 26.2. The van der Waals surface area contributed by atoms with Gasteiger partial charge in [-0.25, -0.2) is 13.4 Å². The van der Waals surface area contributed by atoms with E-state index in [0.29, 0.717) is 18.8 Å². The molecule has 0 aliphatic carbocycles. The Morgan fingerprint density at radius 3 is 2.79 bits per heavy atom. The zero-order valence-electron chi connectivity index (χ0n) is 13.2. The van der Waals surface area contributed by atoms with E-state index in [1.54, 1.807) is 24.5 Å². The molecule has 4 rings (SSSR count). The second kappa shape index (κ2) is 5.80. The van der Waals surface area contributed by atoms with Crippen LogP contribution in [0.3, 0.4) is 0 Å². The Labute approximate surface area is 140 Å². The molecule has 0 amide bonds. The second-order valence-electron chi connectivity index (χ2n) is 6.12. The van der Waals surface area contributed by atoms with Crippen molar-refractivity contribution in [2.45, 2.75) is 23.6 Å². The summed E-state index contributed by atoms with van der Waals surface area (Å²) in [5, 5.41) is 0. The predicted molar refractivity (Wildman–Crippen MR) is 86.9 cm³/mol. The molecule has 0 radical (unpaired) electrons. The van der Waals surface area contributed by atoms with Crippen LogP contribution in [0.2, 0.25) is 0 Å². The Kier molecular flexibility index (Phi) is 3.75. The highest BCUT2D eigenvalue weighted by Crippen LogP contribution is 2.35. The summed E-state index contributed by atoms with van der Waals surface area (Å²) in [4.78, 5) is 10.6. The molecule has 1 saturated heterocycles. The van der Waals surface area contributed by atoms with Crippen molar-refractivity contribution in [3.05, 3.63) is 48.4 Å². The second-order valence-corrected chi connectivity index (χ2v) is 7.98. The lowest BCUT2D eigenvalue weighted by atomic mass is 10.2. The zero-order valence-corrected chi connectivity index (χ0v) is 14.1. The van der Waals surface area contributed by atoms with E-state index < -0.39 is 10.0 Å². The summed E-state index contributed by atoms with van der Waals surface area (Å²) >= 11 is 0. The lowest BCUT2D eigenvalue weighted by Crippen LogP contribution is -2.46. The van der Waals surface area contributed by atoms with Gasteiger partial charge >= 0.3 is 0 Å². The molecule has 2 aliphatic rings. The van der Waals surface area contributed by atoms with Crippen molar-refractivity contribution in [1.82, 2.24) is 19.2 Å². The molecule has 2 aliphatic heterocycles. The van der Waals surface area contributed by atoms with Crippen molar-refractivity contribution >= 4 is 10.0 Å². The van der Waals surface area contributed by atoms with Gasteiger partial charge in [-0.1, -0.05) is 6.07 Å². The van der Waals surface area contributed by atoms with Gasteiger partial charge in [-0.15, -0.1) is 0 Å². The van der Waals surface area contributed by atoms with Crippen molar-refractivity contribution < 1.29 is 13.2 Å². The third kappa shape index (κ3) is 2.56. The van der Waals surface area contributed by atoms with Crippen molar-refractivity contribution in [1.29, 1.82) is 0 Å². The summed E-state index contributed by atoms with van der Waals surface area (Å²) in [5.41, 5.74) is 0.710. The van der Waals surface area contributed by atoms with E-state index in [-0.39, 0.29) is 29.5 Å². The third-order valence-electron chi connectivity index (χ3n) is 4.42. The highest BCUT2D eigenvalue weighted by molar-refractivity contribution is 7.89. The minimum atomic E-state index is -3.72. The lowest BCUT2D eigenvalue weighted by molar-refractivity contribution is 0.144. The number of ether oxygens (including phenoxy) is 1. The standard InChI is InChI=1S/C16H18N4O3S/c1-19-10-13-14(11-19)23-16-15(6-4-8-18-16)24(21,22)20(13)9-12-5-2-3-7-17-12/h2-8,13-14H,9-11H2,1H3/t13-,14-/m1/s1. The zero-order chi connectivity index (χ0) is 16.7. The molecule has 0 unspecified atom stereocenters. The molecule has 24 heavy (non-hydrogen) atoms. The largest absolute Gasteiger partial charge is 0.470 e. The van der Waals surface area contributed by atoms with Crippen LogP contribution in [0, 0.1) is 0 Å². The lowest BCUT2D eigenvalue weighted by Gasteiger charge is -2.27. The van der Waals surface area contributed by atoms with E-state index in [0.717, 1.165) is 0 Å². The number of nitrogens with zero attached hydrogens (tertiary/aromatic N) is 4. The first kappa shape index (κ1) is 15.5. The molecule has 2 aromatic heterocycles. The predicted octanol–water partition coefficient (Wildman–Crippen LogP) is 0.742. The fourth-order valence-corrected chi connectivity index (χ4v) is 4.98. The van der Waals surface area contributed by atoms with Gasteiger partial charge < -0.3 is 9.64 Å². The van der Waals surface area contributed by atoms with Crippen LogP contribution in [0.5, 0.6) is 5.88 Å². The van der Waals surface area contributed by atoms with Gasteiger partial charge in [-0.2, -0.15) is 4.31 Å². The average Bonchev–Trinajstić information content (AvgIpc) is 2.90. The maximum Gasteiger partial charge on any atom is 0.249 e. The number of sulfonamides is 1. The fraction of sp³-hybridized carbons (Fsp3) is 0.375. The van der Waals surface area contributed by atoms with Gasteiger partial charge in [0.25, 0.3) is 0 Å². The number of aromatic nitrogens is 2. The summed E-state index contributed by atoms with van der Waals surface area (Å²) < 4.78 is 33.9. The molecule has 0 spiro atoms. The highest BCUT2D eigenvalue weighted by atomic mass is 32.2. The Hall–Kier alpha value is -2.03. The first-order chi connectivity index (χ1) is 11.6. The van der Waals surface area contributed by atoms with Gasteiger partial charge in [0.2, 0.25) is 15.9 Å². The molecule has 2 aromatic rings. The maximum atomic E-state index is 13.2. The van der Waals surface area contributed by atoms with E-state index in [4.69, 9.17) is 4.74 Å². The molecule has 8 heteroatoms. The molecular weight excluding hydrogens is 328 g/mol. The first-order valence-corrected chi connectivity index (χ1v) is 9.22. The molecular formula is C16H18N4O3S. The van der Waals surface area contributed by atoms with Crippen LogP contribution in [0.1, 0.15) is 5.69 Å². The summed E-state index contributed by atoms with van der Waals surface area (Å²) in [5.74, 6) is 0.186. The van der Waals surface area contributed by atoms with E-state index in [2.05, 4.69) is 14.9 Å². The Balaban J connectivity index is 1.81. The molecule has 0 bridgehead atoms. The smallest absolute Gasteiger partial charge is 0.249 e. The van der Waals surface area contributed by atoms with E-state index >= 15 is 0 Å². The maximum absolute atomic E-state index is 13.2. The third-order valence-corrected chi connectivity index (χ3v) is 6.30. The van der Waals surface area contributed by atoms with Crippen LogP contribution >= 0.6 is 0 Å². The molecule has 0 N–H and O–H groups in total. The van der Waals surface area contributed by atoms with Crippen LogP contribution in [0.25, 0.3) is 0 Å². The van der Waals surface area contributed by atoms with Gasteiger partial charge in [-0.3, -0.25) is 4.98 Å². The van der Waals surface area contributed by atoms with Crippen molar-refractivity contribution in [3.8, 4) is 5.88 Å². The molecule has 7 nitrogen and oxygen atoms in total. The number of pyridine rings is 2. The SMILES string of the molecule is CN1C[C@@H]2[C@@H](C1)Oc1ncccc1S(=O)(=O)N2Cc1ccccn1. The van der Waals surface area contributed by atoms with Gasteiger partial charge in [0.15, 0.2) is 0 Å². The average molecular weight is 346 g/mol. The monoisotopic (exact) mass is 346 g/mol. The van der Waals surface area contributed by atoms with Gasteiger partial charge in [0.05, 0.1) is 18.3 Å². The Bertz CT molecular complexity index is 843. The quantitative estimate of drug-likeness (QED) is 0.798. The molecule has 0 saturated carbocycles. The summed E-state index contributed by atoms with van der Waals surface area (Å²) in [6.45, 7) is 1.50. The van der Waals surface area contributed by atoms with Crippen molar-refractivity contribution in [2.75, 3.05) is 20.1 Å². The summed E-state index contributed by atoms with van der Waals surface area (Å²) in [7, 11) is -1.75. The molecule has 1 fully saturated rings. The van der Waals surface area contributed by atoms with Crippen LogP contribution in [0.15, 0.2) is 47.6 Å². The number of rotatable bonds is 2. The number of likely N-dealkylation sites (N-methyl/N-ethyl adjacent to an activating group) is 1. The van der Waals surface area contributed by atoms with E-state index in [9.17, 15) is 8.42 Å². The fourth-order valence-electron chi connectivity index (χ4n) is 3.30. The van der Waals surface area contributed by atoms with Crippen molar-refractivity contribution in [3.63, 3.8) is 0 Å².